The third kappa shape index (κ3) is 14.4. The number of rotatable bonds is 13. The lowest BCUT2D eigenvalue weighted by molar-refractivity contribution is 0.0983. The molecule has 2 saturated heterocycles. The molecule has 0 amide bonds. The average molecular weight is 857 g/mol. The standard InChI is InChI=1S/C31H41N3O2S.C22H31N3/c1-24-17-25(2)31(26(3)18-24)37(35,36)32-19-30-23-34(22-29-13-9-6-10-14-29)16-15-33(20-27(30)4)21-28-11-7-5-8-12-28;1-19-15-24(16-20-8-4-2-5-9-20)12-13-25(18-22(19)14-23)17-21-10-6-3-7-11-21/h5-14,17-18,27,30,32H,15-16,19-23H2,1-4H3;2-11,19,22H,12-18,23H2,1H3/t27-,30-;19-,22-/m00/s1. The van der Waals surface area contributed by atoms with Gasteiger partial charge in [-0.25, -0.2) is 13.1 Å². The molecule has 62 heavy (non-hydrogen) atoms. The minimum Gasteiger partial charge on any atom is -0.330 e. The van der Waals surface area contributed by atoms with Crippen LogP contribution in [0.25, 0.3) is 0 Å². The van der Waals surface area contributed by atoms with Gasteiger partial charge >= 0.3 is 0 Å². The van der Waals surface area contributed by atoms with Gasteiger partial charge in [0.2, 0.25) is 10.0 Å². The Balaban J connectivity index is 0.000000223. The Morgan fingerprint density at radius 1 is 0.516 bits per heavy atom. The van der Waals surface area contributed by atoms with Crippen LogP contribution in [0.3, 0.4) is 0 Å². The maximum absolute atomic E-state index is 13.4. The maximum Gasteiger partial charge on any atom is 0.241 e. The van der Waals surface area contributed by atoms with E-state index in [4.69, 9.17) is 5.73 Å². The Labute approximate surface area is 374 Å². The van der Waals surface area contributed by atoms with Gasteiger partial charge < -0.3 is 5.73 Å². The van der Waals surface area contributed by atoms with Gasteiger partial charge in [-0.3, -0.25) is 19.6 Å². The first-order valence-electron chi connectivity index (χ1n) is 22.8. The zero-order valence-electron chi connectivity index (χ0n) is 38.0. The van der Waals surface area contributed by atoms with Gasteiger partial charge in [-0.2, -0.15) is 0 Å². The second-order valence-electron chi connectivity index (χ2n) is 18.2. The number of nitrogens with two attached hydrogens (primary N) is 1. The molecule has 2 aliphatic heterocycles. The zero-order chi connectivity index (χ0) is 43.9. The van der Waals surface area contributed by atoms with Gasteiger partial charge in [0.1, 0.15) is 0 Å². The summed E-state index contributed by atoms with van der Waals surface area (Å²) in [5.74, 6) is 1.71. The minimum absolute atomic E-state index is 0.197. The molecule has 4 atom stereocenters. The normalized spacial score (nSPS) is 21.2. The van der Waals surface area contributed by atoms with Crippen molar-refractivity contribution in [3.05, 3.63) is 172 Å². The maximum atomic E-state index is 13.4. The fraction of sp³-hybridized carbons (Fsp3) is 0.434. The highest BCUT2D eigenvalue weighted by Gasteiger charge is 2.29. The molecule has 5 aromatic carbocycles. The summed E-state index contributed by atoms with van der Waals surface area (Å²) in [4.78, 5) is 10.6. The van der Waals surface area contributed by atoms with Gasteiger partial charge in [-0.1, -0.05) is 153 Å². The number of hydrogen-bond acceptors (Lipinski definition) is 7. The lowest BCUT2D eigenvalue weighted by Gasteiger charge is -2.38. The summed E-state index contributed by atoms with van der Waals surface area (Å²) in [6.45, 7) is 23.6. The molecule has 0 spiro atoms. The van der Waals surface area contributed by atoms with E-state index in [9.17, 15) is 8.42 Å². The summed E-state index contributed by atoms with van der Waals surface area (Å²) >= 11 is 0. The molecule has 8 nitrogen and oxygen atoms in total. The molecule has 7 rings (SSSR count). The van der Waals surface area contributed by atoms with Crippen molar-refractivity contribution in [2.75, 3.05) is 65.4 Å². The van der Waals surface area contributed by atoms with E-state index < -0.39 is 10.0 Å². The van der Waals surface area contributed by atoms with E-state index in [0.717, 1.165) is 102 Å². The van der Waals surface area contributed by atoms with Gasteiger partial charge in [0.15, 0.2) is 0 Å². The smallest absolute Gasteiger partial charge is 0.241 e. The van der Waals surface area contributed by atoms with Crippen LogP contribution in [-0.2, 0) is 36.2 Å². The minimum atomic E-state index is -3.60. The molecule has 3 N–H and O–H groups in total. The van der Waals surface area contributed by atoms with Crippen molar-refractivity contribution < 1.29 is 8.42 Å². The molecule has 0 aliphatic carbocycles. The summed E-state index contributed by atoms with van der Waals surface area (Å²) in [5, 5.41) is 0. The monoisotopic (exact) mass is 857 g/mol. The lowest BCUT2D eigenvalue weighted by atomic mass is 9.91. The van der Waals surface area contributed by atoms with Crippen molar-refractivity contribution in [1.82, 2.24) is 24.3 Å². The Morgan fingerprint density at radius 2 is 0.839 bits per heavy atom. The number of aryl methyl sites for hydroxylation is 3. The fourth-order valence-electron chi connectivity index (χ4n) is 9.46. The predicted octanol–water partition coefficient (Wildman–Crippen LogP) is 8.38. The molecular formula is C53H72N6O2S. The van der Waals surface area contributed by atoms with Crippen molar-refractivity contribution in [2.45, 2.75) is 65.7 Å². The Bertz CT molecular complexity index is 2150. The first kappa shape index (κ1) is 47.3. The van der Waals surface area contributed by atoms with Crippen LogP contribution in [-0.4, -0.2) is 93.5 Å². The molecule has 2 heterocycles. The summed E-state index contributed by atoms with van der Waals surface area (Å²) in [5.41, 5.74) is 14.2. The van der Waals surface area contributed by atoms with Crippen LogP contribution in [0.5, 0.6) is 0 Å². The Morgan fingerprint density at radius 3 is 1.19 bits per heavy atom. The average Bonchev–Trinajstić information content (AvgIpc) is 3.25. The number of nitrogens with zero attached hydrogens (tertiary/aromatic N) is 4. The van der Waals surface area contributed by atoms with Crippen LogP contribution in [0.2, 0.25) is 0 Å². The van der Waals surface area contributed by atoms with Gasteiger partial charge in [-0.05, 0) is 84.4 Å². The van der Waals surface area contributed by atoms with Gasteiger partial charge in [-0.15, -0.1) is 0 Å². The molecule has 332 valence electrons. The number of nitrogens with one attached hydrogen (secondary N) is 1. The molecule has 5 aromatic rings. The molecule has 0 saturated carbocycles. The Hall–Kier alpha value is -4.19. The second-order valence-corrected chi connectivity index (χ2v) is 19.9. The van der Waals surface area contributed by atoms with E-state index in [2.05, 4.69) is 153 Å². The van der Waals surface area contributed by atoms with Crippen LogP contribution in [0.15, 0.2) is 138 Å². The molecule has 2 aliphatic rings. The van der Waals surface area contributed by atoms with Crippen LogP contribution in [0.4, 0.5) is 0 Å². The summed E-state index contributed by atoms with van der Waals surface area (Å²) in [7, 11) is -3.60. The SMILES string of the molecule is C[C@H]1CN(Cc2ccccc2)CCN(Cc2ccccc2)C[C@@H]1CN.Cc1cc(C)c(S(=O)(=O)NC[C@H]2CN(Cc3ccccc3)CCN(Cc3ccccc3)C[C@@H]2C)c(C)c1. The quantitative estimate of drug-likeness (QED) is 0.123. The fourth-order valence-corrected chi connectivity index (χ4v) is 11.0. The highest BCUT2D eigenvalue weighted by atomic mass is 32.2. The lowest BCUT2D eigenvalue weighted by Crippen LogP contribution is -2.48. The summed E-state index contributed by atoms with van der Waals surface area (Å²) in [6.07, 6.45) is 0. The van der Waals surface area contributed by atoms with E-state index in [-0.39, 0.29) is 5.92 Å². The number of sulfonamides is 1. The summed E-state index contributed by atoms with van der Waals surface area (Å²) in [6, 6.07) is 46.7. The zero-order valence-corrected chi connectivity index (χ0v) is 38.8. The van der Waals surface area contributed by atoms with Crippen LogP contribution < -0.4 is 10.5 Å². The van der Waals surface area contributed by atoms with Crippen LogP contribution in [0, 0.1) is 44.4 Å². The van der Waals surface area contributed by atoms with E-state index in [1.54, 1.807) is 0 Å². The summed E-state index contributed by atoms with van der Waals surface area (Å²) < 4.78 is 29.9. The van der Waals surface area contributed by atoms with Crippen molar-refractivity contribution >= 4 is 10.0 Å². The largest absolute Gasteiger partial charge is 0.330 e. The molecule has 0 radical (unpaired) electrons. The van der Waals surface area contributed by atoms with E-state index >= 15 is 0 Å². The van der Waals surface area contributed by atoms with Crippen molar-refractivity contribution in [2.24, 2.45) is 29.4 Å². The van der Waals surface area contributed by atoms with Crippen molar-refractivity contribution in [3.63, 3.8) is 0 Å². The van der Waals surface area contributed by atoms with Crippen LogP contribution in [0.1, 0.15) is 52.8 Å². The van der Waals surface area contributed by atoms with Gasteiger partial charge in [0.05, 0.1) is 4.90 Å². The molecule has 2 fully saturated rings. The molecule has 0 bridgehead atoms. The third-order valence-electron chi connectivity index (χ3n) is 12.9. The van der Waals surface area contributed by atoms with E-state index in [0.29, 0.717) is 29.2 Å². The predicted molar refractivity (Wildman–Crippen MR) is 257 cm³/mol. The topological polar surface area (TPSA) is 85.1 Å². The van der Waals surface area contributed by atoms with Crippen molar-refractivity contribution in [1.29, 1.82) is 0 Å². The van der Waals surface area contributed by atoms with Gasteiger partial charge in [0, 0.05) is 85.1 Å². The highest BCUT2D eigenvalue weighted by molar-refractivity contribution is 7.89. The number of hydrogen-bond donors (Lipinski definition) is 2. The molecule has 0 aromatic heterocycles. The second kappa shape index (κ2) is 23.5. The highest BCUT2D eigenvalue weighted by Crippen LogP contribution is 2.25. The number of benzene rings is 5. The molecule has 0 unspecified atom stereocenters. The Kier molecular flexibility index (Phi) is 17.9. The first-order valence-corrected chi connectivity index (χ1v) is 24.3. The molecule has 9 heteroatoms. The van der Waals surface area contributed by atoms with Crippen LogP contribution >= 0.6 is 0 Å². The molecular weight excluding hydrogens is 785 g/mol. The van der Waals surface area contributed by atoms with Crippen molar-refractivity contribution in [3.8, 4) is 0 Å². The van der Waals surface area contributed by atoms with E-state index in [1.807, 2.05) is 39.0 Å². The van der Waals surface area contributed by atoms with E-state index in [1.165, 1.54) is 22.3 Å². The van der Waals surface area contributed by atoms with Gasteiger partial charge in [0.25, 0.3) is 0 Å². The first-order chi connectivity index (χ1) is 29.9. The third-order valence-corrected chi connectivity index (χ3v) is 14.6.